The first-order chi connectivity index (χ1) is 11.6. The van der Waals surface area contributed by atoms with Gasteiger partial charge in [-0.1, -0.05) is 12.5 Å². The van der Waals surface area contributed by atoms with Gasteiger partial charge in [-0.15, -0.1) is 0 Å². The van der Waals surface area contributed by atoms with Crippen LogP contribution in [0.3, 0.4) is 0 Å². The summed E-state index contributed by atoms with van der Waals surface area (Å²) in [6, 6.07) is 7.81. The molecule has 132 valence electrons. The summed E-state index contributed by atoms with van der Waals surface area (Å²) in [6.45, 7) is 4.87. The van der Waals surface area contributed by atoms with Crippen molar-refractivity contribution in [3.8, 4) is 5.75 Å². The second-order valence-electron chi connectivity index (χ2n) is 6.81. The second kappa shape index (κ2) is 7.75. The fourth-order valence-corrected chi connectivity index (χ4v) is 3.58. The number of nitrogens with zero attached hydrogens (tertiary/aromatic N) is 3. The molecule has 2 fully saturated rings. The number of nitrogens with one attached hydrogen (secondary N) is 1. The van der Waals surface area contributed by atoms with Crippen molar-refractivity contribution in [3.05, 3.63) is 24.3 Å². The van der Waals surface area contributed by atoms with Crippen LogP contribution in [0.4, 0.5) is 10.5 Å². The van der Waals surface area contributed by atoms with Crippen LogP contribution in [0, 0.1) is 0 Å². The number of urea groups is 1. The molecule has 3 rings (SSSR count). The predicted octanol–water partition coefficient (Wildman–Crippen LogP) is 1.71. The lowest BCUT2D eigenvalue weighted by Gasteiger charge is -2.37. The molecule has 2 heterocycles. The van der Waals surface area contributed by atoms with Crippen LogP contribution in [0.2, 0.25) is 0 Å². The van der Waals surface area contributed by atoms with E-state index < -0.39 is 0 Å². The third-order valence-electron chi connectivity index (χ3n) is 5.17. The Morgan fingerprint density at radius 2 is 2.00 bits per heavy atom. The molecule has 0 saturated carbocycles. The first kappa shape index (κ1) is 16.9. The van der Waals surface area contributed by atoms with Gasteiger partial charge in [0.1, 0.15) is 5.75 Å². The molecule has 1 aromatic carbocycles. The molecule has 1 unspecified atom stereocenters. The van der Waals surface area contributed by atoms with Crippen molar-refractivity contribution in [3.63, 3.8) is 0 Å². The Kier molecular flexibility index (Phi) is 5.45. The van der Waals surface area contributed by atoms with E-state index in [1.165, 1.54) is 19.3 Å². The number of piperidine rings is 1. The Bertz CT molecular complexity index is 558. The molecule has 0 radical (unpaired) electrons. The number of phenolic OH excluding ortho intramolecular Hbond substituents is 1. The zero-order valence-corrected chi connectivity index (χ0v) is 14.4. The number of rotatable bonds is 3. The van der Waals surface area contributed by atoms with Crippen LogP contribution < -0.4 is 10.2 Å². The fourth-order valence-electron chi connectivity index (χ4n) is 3.58. The third-order valence-corrected chi connectivity index (χ3v) is 5.17. The summed E-state index contributed by atoms with van der Waals surface area (Å²) in [7, 11) is 2.14. The summed E-state index contributed by atoms with van der Waals surface area (Å²) in [6.07, 6.45) is 3.69. The quantitative estimate of drug-likeness (QED) is 0.885. The molecule has 1 atom stereocenters. The van der Waals surface area contributed by atoms with Crippen molar-refractivity contribution < 1.29 is 9.90 Å². The molecule has 0 spiro atoms. The summed E-state index contributed by atoms with van der Waals surface area (Å²) >= 11 is 0. The van der Waals surface area contributed by atoms with Gasteiger partial charge in [-0.05, 0) is 38.6 Å². The summed E-state index contributed by atoms with van der Waals surface area (Å²) in [5.74, 6) is 0.282. The predicted molar refractivity (Wildman–Crippen MR) is 95.6 cm³/mol. The highest BCUT2D eigenvalue weighted by atomic mass is 16.3. The standard InChI is InChI=1S/C18H28N4O2/c1-20-8-3-2-5-16(20)14-19-18(24)22-11-9-21(10-12-22)15-6-4-7-17(23)13-15/h4,6-7,13,16,23H,2-3,5,8-12,14H2,1H3,(H,19,24). The molecule has 24 heavy (non-hydrogen) atoms. The molecule has 0 aromatic heterocycles. The smallest absolute Gasteiger partial charge is 0.317 e. The first-order valence-electron chi connectivity index (χ1n) is 8.90. The number of likely N-dealkylation sites (tertiary alicyclic amines) is 1. The molecule has 2 N–H and O–H groups in total. The highest BCUT2D eigenvalue weighted by Crippen LogP contribution is 2.21. The van der Waals surface area contributed by atoms with Crippen molar-refractivity contribution in [2.45, 2.75) is 25.3 Å². The van der Waals surface area contributed by atoms with E-state index >= 15 is 0 Å². The van der Waals surface area contributed by atoms with E-state index in [0.29, 0.717) is 19.1 Å². The van der Waals surface area contributed by atoms with Crippen LogP contribution in [-0.4, -0.2) is 73.3 Å². The third kappa shape index (κ3) is 4.12. The minimum atomic E-state index is 0.0459. The van der Waals surface area contributed by atoms with Gasteiger partial charge in [0, 0.05) is 50.5 Å². The van der Waals surface area contributed by atoms with Crippen molar-refractivity contribution in [1.29, 1.82) is 0 Å². The summed E-state index contributed by atoms with van der Waals surface area (Å²) < 4.78 is 0. The van der Waals surface area contributed by atoms with Gasteiger partial charge in [0.05, 0.1) is 0 Å². The molecule has 2 aliphatic heterocycles. The lowest BCUT2D eigenvalue weighted by molar-refractivity contribution is 0.167. The fraction of sp³-hybridized carbons (Fsp3) is 0.611. The Balaban J connectivity index is 1.45. The number of piperazine rings is 1. The number of hydrogen-bond donors (Lipinski definition) is 2. The average Bonchev–Trinajstić information content (AvgIpc) is 2.61. The molecule has 0 bridgehead atoms. The molecule has 6 nitrogen and oxygen atoms in total. The number of phenols is 1. The number of benzene rings is 1. The van der Waals surface area contributed by atoms with Gasteiger partial charge in [0.15, 0.2) is 0 Å². The van der Waals surface area contributed by atoms with Crippen molar-refractivity contribution in [2.24, 2.45) is 0 Å². The van der Waals surface area contributed by atoms with Gasteiger partial charge < -0.3 is 25.1 Å². The normalized spacial score (nSPS) is 22.5. The van der Waals surface area contributed by atoms with E-state index in [0.717, 1.165) is 31.9 Å². The van der Waals surface area contributed by atoms with Crippen LogP contribution in [0.15, 0.2) is 24.3 Å². The minimum absolute atomic E-state index is 0.0459. The average molecular weight is 332 g/mol. The maximum atomic E-state index is 12.4. The molecule has 6 heteroatoms. The lowest BCUT2D eigenvalue weighted by Crippen LogP contribution is -2.54. The molecule has 2 amide bonds. The molecule has 1 aromatic rings. The van der Waals surface area contributed by atoms with Gasteiger partial charge in [-0.25, -0.2) is 4.79 Å². The van der Waals surface area contributed by atoms with E-state index in [1.807, 2.05) is 17.0 Å². The van der Waals surface area contributed by atoms with E-state index in [1.54, 1.807) is 12.1 Å². The van der Waals surface area contributed by atoms with Crippen LogP contribution in [0.1, 0.15) is 19.3 Å². The number of likely N-dealkylation sites (N-methyl/N-ethyl adjacent to an activating group) is 1. The maximum absolute atomic E-state index is 12.4. The number of carbonyl (C=O) groups excluding carboxylic acids is 1. The Labute approximate surface area is 144 Å². The molecular weight excluding hydrogens is 304 g/mol. The number of hydrogen-bond acceptors (Lipinski definition) is 4. The topological polar surface area (TPSA) is 59.1 Å². The van der Waals surface area contributed by atoms with E-state index in [9.17, 15) is 9.90 Å². The Morgan fingerprint density at radius 1 is 1.21 bits per heavy atom. The summed E-state index contributed by atoms with van der Waals surface area (Å²) in [5.41, 5.74) is 1.01. The molecule has 2 saturated heterocycles. The monoisotopic (exact) mass is 332 g/mol. The summed E-state index contributed by atoms with van der Waals surface area (Å²) in [5, 5.41) is 12.7. The lowest BCUT2D eigenvalue weighted by atomic mass is 10.0. The zero-order chi connectivity index (χ0) is 16.9. The largest absolute Gasteiger partial charge is 0.508 e. The van der Waals surface area contributed by atoms with E-state index in [-0.39, 0.29) is 11.8 Å². The highest BCUT2D eigenvalue weighted by molar-refractivity contribution is 5.74. The first-order valence-corrected chi connectivity index (χ1v) is 8.90. The van der Waals surface area contributed by atoms with E-state index in [4.69, 9.17) is 0 Å². The van der Waals surface area contributed by atoms with Gasteiger partial charge in [-0.3, -0.25) is 0 Å². The van der Waals surface area contributed by atoms with Crippen molar-refractivity contribution in [2.75, 3.05) is 51.2 Å². The van der Waals surface area contributed by atoms with Gasteiger partial charge in [0.2, 0.25) is 0 Å². The van der Waals surface area contributed by atoms with Gasteiger partial charge in [-0.2, -0.15) is 0 Å². The van der Waals surface area contributed by atoms with Crippen LogP contribution in [0.25, 0.3) is 0 Å². The van der Waals surface area contributed by atoms with Crippen LogP contribution >= 0.6 is 0 Å². The van der Waals surface area contributed by atoms with Gasteiger partial charge in [0.25, 0.3) is 0 Å². The number of amides is 2. The molecule has 2 aliphatic rings. The zero-order valence-electron chi connectivity index (χ0n) is 14.4. The Morgan fingerprint density at radius 3 is 2.71 bits per heavy atom. The van der Waals surface area contributed by atoms with Crippen molar-refractivity contribution in [1.82, 2.24) is 15.1 Å². The van der Waals surface area contributed by atoms with Crippen molar-refractivity contribution >= 4 is 11.7 Å². The molecular formula is C18H28N4O2. The van der Waals surface area contributed by atoms with E-state index in [2.05, 4.69) is 22.2 Å². The highest BCUT2D eigenvalue weighted by Gasteiger charge is 2.23. The number of anilines is 1. The van der Waals surface area contributed by atoms with Crippen LogP contribution in [0.5, 0.6) is 5.75 Å². The molecule has 0 aliphatic carbocycles. The minimum Gasteiger partial charge on any atom is -0.508 e. The Hall–Kier alpha value is -1.95. The maximum Gasteiger partial charge on any atom is 0.317 e. The number of aromatic hydroxyl groups is 1. The second-order valence-corrected chi connectivity index (χ2v) is 6.81. The summed E-state index contributed by atoms with van der Waals surface area (Å²) in [4.78, 5) is 18.8. The number of carbonyl (C=O) groups is 1. The van der Waals surface area contributed by atoms with Gasteiger partial charge >= 0.3 is 6.03 Å². The van der Waals surface area contributed by atoms with Crippen LogP contribution in [-0.2, 0) is 0 Å². The SMILES string of the molecule is CN1CCCCC1CNC(=O)N1CCN(c2cccc(O)c2)CC1.